The highest BCUT2D eigenvalue weighted by Crippen LogP contribution is 2.19. The van der Waals surface area contributed by atoms with Gasteiger partial charge in [0.05, 0.1) is 0 Å². The third-order valence-corrected chi connectivity index (χ3v) is 2.66. The van der Waals surface area contributed by atoms with Crippen molar-refractivity contribution in [2.75, 3.05) is 20.6 Å². The molecular weight excluding hydrogens is 271 g/mol. The highest BCUT2D eigenvalue weighted by atomic mass is 19.1. The molecule has 21 heavy (non-hydrogen) atoms. The largest absolute Gasteiger partial charge is 0.444 e. The Kier molecular flexibility index (Phi) is 7.05. The van der Waals surface area contributed by atoms with E-state index in [-0.39, 0.29) is 23.4 Å². The molecule has 112 valence electrons. The minimum atomic E-state index is -0.385. The number of likely N-dealkylation sites (N-methyl/N-ethyl adjacent to an activating group) is 1. The average molecular weight is 290 g/mol. The van der Waals surface area contributed by atoms with Gasteiger partial charge in [-0.25, -0.2) is 9.37 Å². The summed E-state index contributed by atoms with van der Waals surface area (Å²) in [4.78, 5) is 9.51. The molecule has 1 rings (SSSR count). The SMILES string of the molecule is CCC(/C=C/CN(C)C)/C(F)=C/Oc1ccnc(C#N)n1. The molecule has 1 unspecified atom stereocenters. The van der Waals surface area contributed by atoms with Crippen LogP contribution < -0.4 is 4.74 Å². The van der Waals surface area contributed by atoms with Crippen LogP contribution in [-0.2, 0) is 0 Å². The summed E-state index contributed by atoms with van der Waals surface area (Å²) in [6.07, 6.45) is 6.78. The molecule has 0 saturated carbocycles. The lowest BCUT2D eigenvalue weighted by molar-refractivity contribution is 0.406. The van der Waals surface area contributed by atoms with E-state index in [1.807, 2.05) is 38.1 Å². The topological polar surface area (TPSA) is 62.0 Å². The Morgan fingerprint density at radius 1 is 1.57 bits per heavy atom. The Morgan fingerprint density at radius 2 is 2.33 bits per heavy atom. The van der Waals surface area contributed by atoms with Gasteiger partial charge in [-0.3, -0.25) is 0 Å². The third kappa shape index (κ3) is 6.15. The van der Waals surface area contributed by atoms with Crippen molar-refractivity contribution in [2.45, 2.75) is 13.3 Å². The second-order valence-electron chi connectivity index (χ2n) is 4.66. The number of halogens is 1. The fourth-order valence-electron chi connectivity index (χ4n) is 1.52. The van der Waals surface area contributed by atoms with Crippen LogP contribution in [0.5, 0.6) is 5.88 Å². The molecule has 0 amide bonds. The summed E-state index contributed by atoms with van der Waals surface area (Å²) in [7, 11) is 3.89. The lowest BCUT2D eigenvalue weighted by Gasteiger charge is -2.09. The molecule has 0 radical (unpaired) electrons. The third-order valence-electron chi connectivity index (χ3n) is 2.66. The average Bonchev–Trinajstić information content (AvgIpc) is 2.49. The van der Waals surface area contributed by atoms with Crippen LogP contribution in [0.15, 0.2) is 36.5 Å². The molecule has 1 atom stereocenters. The first kappa shape index (κ1) is 16.8. The Morgan fingerprint density at radius 3 is 2.95 bits per heavy atom. The first-order valence-electron chi connectivity index (χ1n) is 6.63. The number of nitrogens with zero attached hydrogens (tertiary/aromatic N) is 4. The highest BCUT2D eigenvalue weighted by Gasteiger charge is 2.09. The Labute approximate surface area is 124 Å². The molecule has 0 spiro atoms. The summed E-state index contributed by atoms with van der Waals surface area (Å²) in [5.74, 6) is -0.588. The first-order valence-corrected chi connectivity index (χ1v) is 6.63. The van der Waals surface area contributed by atoms with E-state index in [2.05, 4.69) is 9.97 Å². The zero-order valence-electron chi connectivity index (χ0n) is 12.5. The van der Waals surface area contributed by atoms with E-state index in [4.69, 9.17) is 10.00 Å². The van der Waals surface area contributed by atoms with Crippen LogP contribution in [0.4, 0.5) is 4.39 Å². The van der Waals surface area contributed by atoms with E-state index < -0.39 is 0 Å². The highest BCUT2D eigenvalue weighted by molar-refractivity contribution is 5.17. The van der Waals surface area contributed by atoms with Crippen molar-refractivity contribution in [3.8, 4) is 11.9 Å². The fraction of sp³-hybridized carbons (Fsp3) is 0.400. The summed E-state index contributed by atoms with van der Waals surface area (Å²) >= 11 is 0. The summed E-state index contributed by atoms with van der Waals surface area (Å²) < 4.78 is 19.2. The van der Waals surface area contributed by atoms with Crippen LogP contribution >= 0.6 is 0 Å². The van der Waals surface area contributed by atoms with Crippen molar-refractivity contribution in [1.82, 2.24) is 14.9 Å². The van der Waals surface area contributed by atoms with Gasteiger partial charge in [0.15, 0.2) is 0 Å². The van der Waals surface area contributed by atoms with Crippen molar-refractivity contribution < 1.29 is 9.13 Å². The van der Waals surface area contributed by atoms with Gasteiger partial charge in [-0.15, -0.1) is 0 Å². The number of ether oxygens (including phenoxy) is 1. The van der Waals surface area contributed by atoms with Crippen molar-refractivity contribution in [3.05, 3.63) is 42.3 Å². The van der Waals surface area contributed by atoms with Gasteiger partial charge in [0, 0.05) is 24.7 Å². The molecule has 0 N–H and O–H groups in total. The van der Waals surface area contributed by atoms with Gasteiger partial charge in [0.1, 0.15) is 18.2 Å². The monoisotopic (exact) mass is 290 g/mol. The van der Waals surface area contributed by atoms with Crippen molar-refractivity contribution >= 4 is 0 Å². The zero-order valence-corrected chi connectivity index (χ0v) is 12.5. The molecule has 1 aromatic heterocycles. The molecule has 0 bridgehead atoms. The van der Waals surface area contributed by atoms with E-state index in [9.17, 15) is 4.39 Å². The number of hydrogen-bond acceptors (Lipinski definition) is 5. The Balaban J connectivity index is 2.68. The van der Waals surface area contributed by atoms with Crippen molar-refractivity contribution in [2.24, 2.45) is 5.92 Å². The maximum atomic E-state index is 14.0. The van der Waals surface area contributed by atoms with Gasteiger partial charge < -0.3 is 9.64 Å². The van der Waals surface area contributed by atoms with Crippen LogP contribution in [0.1, 0.15) is 19.2 Å². The zero-order chi connectivity index (χ0) is 15.7. The molecule has 0 fully saturated rings. The number of rotatable bonds is 7. The van der Waals surface area contributed by atoms with E-state index >= 15 is 0 Å². The van der Waals surface area contributed by atoms with Crippen LogP contribution in [0, 0.1) is 17.2 Å². The normalized spacial score (nSPS) is 13.4. The van der Waals surface area contributed by atoms with Gasteiger partial charge in [0.25, 0.3) is 0 Å². The van der Waals surface area contributed by atoms with Gasteiger partial charge >= 0.3 is 0 Å². The standard InChI is InChI=1S/C15H19FN4O/c1-4-12(6-5-9-20(2)3)13(16)11-21-15-7-8-18-14(10-17)19-15/h5-8,11-12H,4,9H2,1-3H3/b6-5+,13-11-. The molecule has 6 heteroatoms. The van der Waals surface area contributed by atoms with Crippen LogP contribution in [-0.4, -0.2) is 35.5 Å². The lowest BCUT2D eigenvalue weighted by Crippen LogP contribution is -2.11. The first-order chi connectivity index (χ1) is 10.1. The second-order valence-corrected chi connectivity index (χ2v) is 4.66. The molecule has 1 heterocycles. The van der Waals surface area contributed by atoms with E-state index in [1.165, 1.54) is 12.3 Å². The van der Waals surface area contributed by atoms with Gasteiger partial charge in [-0.05, 0) is 20.5 Å². The fourth-order valence-corrected chi connectivity index (χ4v) is 1.52. The predicted octanol–water partition coefficient (Wildman–Crippen LogP) is 2.68. The summed E-state index contributed by atoms with van der Waals surface area (Å²) in [5.41, 5.74) is 0. The predicted molar refractivity (Wildman–Crippen MR) is 78.0 cm³/mol. The second kappa shape index (κ2) is 8.82. The number of aromatic nitrogens is 2. The number of hydrogen-bond donors (Lipinski definition) is 0. The van der Waals surface area contributed by atoms with Gasteiger partial charge in [-0.2, -0.15) is 10.2 Å². The molecule has 0 aliphatic carbocycles. The van der Waals surface area contributed by atoms with Crippen molar-refractivity contribution in [1.29, 1.82) is 5.26 Å². The Hall–Kier alpha value is -2.26. The van der Waals surface area contributed by atoms with E-state index in [1.54, 1.807) is 6.07 Å². The molecule has 0 aliphatic heterocycles. The minimum Gasteiger partial charge on any atom is -0.444 e. The maximum absolute atomic E-state index is 14.0. The van der Waals surface area contributed by atoms with Crippen molar-refractivity contribution in [3.63, 3.8) is 0 Å². The van der Waals surface area contributed by atoms with Crippen LogP contribution in [0.25, 0.3) is 0 Å². The molecule has 0 aromatic carbocycles. The summed E-state index contributed by atoms with van der Waals surface area (Å²) in [5, 5.41) is 8.67. The van der Waals surface area contributed by atoms with E-state index in [0.29, 0.717) is 6.42 Å². The van der Waals surface area contributed by atoms with Crippen LogP contribution in [0.2, 0.25) is 0 Å². The molecule has 1 aromatic rings. The van der Waals surface area contributed by atoms with Gasteiger partial charge in [-0.1, -0.05) is 19.1 Å². The van der Waals surface area contributed by atoms with Gasteiger partial charge in [0.2, 0.25) is 11.7 Å². The quantitative estimate of drug-likeness (QED) is 0.570. The molecule has 0 saturated heterocycles. The lowest BCUT2D eigenvalue weighted by atomic mass is 10.1. The number of nitriles is 1. The van der Waals surface area contributed by atoms with E-state index in [0.717, 1.165) is 12.8 Å². The summed E-state index contributed by atoms with van der Waals surface area (Å²) in [6, 6.07) is 3.26. The minimum absolute atomic E-state index is 0.0146. The molecule has 5 nitrogen and oxygen atoms in total. The number of allylic oxidation sites excluding steroid dienone is 2. The Bertz CT molecular complexity index is 549. The maximum Gasteiger partial charge on any atom is 0.235 e. The van der Waals surface area contributed by atoms with Crippen LogP contribution in [0.3, 0.4) is 0 Å². The summed E-state index contributed by atoms with van der Waals surface area (Å²) in [6.45, 7) is 2.65. The smallest absolute Gasteiger partial charge is 0.235 e. The molecule has 0 aliphatic rings. The molecular formula is C15H19FN4O.